The first-order valence-corrected chi connectivity index (χ1v) is 2.91. The van der Waals surface area contributed by atoms with Crippen LogP contribution in [-0.2, 0) is 0 Å². The molecule has 0 fully saturated rings. The smallest absolute Gasteiger partial charge is 0.0536 e. The van der Waals surface area contributed by atoms with Crippen molar-refractivity contribution < 1.29 is 28.2 Å². The van der Waals surface area contributed by atoms with E-state index in [-0.39, 0.29) is 28.2 Å². The Labute approximate surface area is 68.9 Å². The van der Waals surface area contributed by atoms with Crippen molar-refractivity contribution >= 4 is 0 Å². The lowest BCUT2D eigenvalue weighted by molar-refractivity contribution is 0.702. The molecule has 0 spiro atoms. The van der Waals surface area contributed by atoms with Gasteiger partial charge in [-0.25, -0.2) is 0 Å². The highest BCUT2D eigenvalue weighted by atomic mass is 19.0. The average Bonchev–Trinajstić information content (AvgIpc) is 1.61. The summed E-state index contributed by atoms with van der Waals surface area (Å²) in [6.45, 7) is 4.46. The van der Waals surface area contributed by atoms with Gasteiger partial charge in [-0.15, -0.1) is 0 Å². The molecule has 0 aliphatic heterocycles. The Morgan fingerprint density at radius 2 is 0.667 bits per heavy atom. The van der Waals surface area contributed by atoms with Crippen molar-refractivity contribution in [3.63, 3.8) is 0 Å². The minimum atomic E-state index is 0. The van der Waals surface area contributed by atoms with E-state index in [1.165, 1.54) is 25.7 Å². The van der Waals surface area contributed by atoms with E-state index < -0.39 is 0 Å². The van der Waals surface area contributed by atoms with Gasteiger partial charge in [0.2, 0.25) is 0 Å². The fraction of sp³-hybridized carbons (Fsp3) is 1.00. The summed E-state index contributed by atoms with van der Waals surface area (Å²) in [5, 5.41) is 0. The Morgan fingerprint density at radius 3 is 0.750 bits per heavy atom. The number of hydrogen-bond donors (Lipinski definition) is 0. The van der Waals surface area contributed by atoms with Gasteiger partial charge in [-0.3, -0.25) is 28.2 Å². The van der Waals surface area contributed by atoms with E-state index in [1.54, 1.807) is 0 Å². The van der Waals surface area contributed by atoms with Crippen molar-refractivity contribution in [2.45, 2.75) is 39.5 Å². The second-order valence-electron chi connectivity index (χ2n) is 1.71. The zero-order chi connectivity index (χ0) is 4.83. The van der Waals surface area contributed by atoms with Crippen LogP contribution in [0.5, 0.6) is 0 Å². The first-order chi connectivity index (χ1) is 2.91. The van der Waals surface area contributed by atoms with Crippen molar-refractivity contribution in [3.8, 4) is 0 Å². The molecule has 12 heavy (non-hydrogen) atoms. The van der Waals surface area contributed by atoms with Crippen LogP contribution in [0, 0.1) is 0 Å². The Balaban J connectivity index is -0.00000000833. The largest absolute Gasteiger partial charge is 0.269 e. The van der Waals surface area contributed by atoms with E-state index in [4.69, 9.17) is 0 Å². The molecule has 0 radical (unpaired) electrons. The first kappa shape index (κ1) is 61.8. The summed E-state index contributed by atoms with van der Waals surface area (Å²) in [5.74, 6) is 0. The topological polar surface area (TPSA) is 0 Å². The average molecular weight is 206 g/mol. The molecule has 0 saturated carbocycles. The summed E-state index contributed by atoms with van der Waals surface area (Å²) in [4.78, 5) is 0. The fourth-order valence-corrected chi connectivity index (χ4v) is 0.500. The molecule has 0 saturated heterocycles. The highest BCUT2D eigenvalue weighted by molar-refractivity contribution is 4.31. The molecule has 0 heterocycles. The number of unbranched alkanes of at least 4 members (excludes halogenated alkanes) is 3. The highest BCUT2D eigenvalue weighted by Gasteiger charge is 1.75. The van der Waals surface area contributed by atoms with Gasteiger partial charge in [0.1, 0.15) is 0 Å². The molecule has 0 unspecified atom stereocenters. The zero-order valence-electron chi connectivity index (χ0n) is 7.28. The Kier molecular flexibility index (Phi) is 390. The molecule has 0 aromatic rings. The van der Waals surface area contributed by atoms with Crippen molar-refractivity contribution in [1.29, 1.82) is 0 Å². The van der Waals surface area contributed by atoms with Gasteiger partial charge in [-0.05, 0) is 0 Å². The van der Waals surface area contributed by atoms with Crippen LogP contribution in [0.2, 0.25) is 0 Å². The number of rotatable bonds is 3. The van der Waals surface area contributed by atoms with Gasteiger partial charge in [-0.2, -0.15) is 0 Å². The van der Waals surface area contributed by atoms with Crippen molar-refractivity contribution in [1.82, 2.24) is 0 Å². The Bertz CT molecular complexity index is 24.0. The summed E-state index contributed by atoms with van der Waals surface area (Å²) < 4.78 is 0. The Hall–Kier alpha value is -0.420. The quantitative estimate of drug-likeness (QED) is 0.489. The third-order valence-corrected chi connectivity index (χ3v) is 0.957. The molecule has 6 heteroatoms. The molecule has 0 aromatic heterocycles. The van der Waals surface area contributed by atoms with Gasteiger partial charge in [0, 0.05) is 0 Å². The maximum Gasteiger partial charge on any atom is -0.0536 e. The van der Waals surface area contributed by atoms with Crippen molar-refractivity contribution in [2.75, 3.05) is 0 Å². The second-order valence-corrected chi connectivity index (χ2v) is 1.71. The van der Waals surface area contributed by atoms with E-state index in [1.807, 2.05) is 0 Å². The summed E-state index contributed by atoms with van der Waals surface area (Å²) >= 11 is 0. The zero-order valence-corrected chi connectivity index (χ0v) is 7.28. The third-order valence-electron chi connectivity index (χ3n) is 0.957. The molecule has 0 rings (SSSR count). The predicted octanol–water partition coefficient (Wildman–Crippen LogP) is 3.50. The highest BCUT2D eigenvalue weighted by Crippen LogP contribution is 1.95. The van der Waals surface area contributed by atoms with E-state index >= 15 is 0 Å². The maximum absolute atomic E-state index is 2.23. The lowest BCUT2D eigenvalue weighted by atomic mass is 10.2. The third kappa shape index (κ3) is 106. The SMILES string of the molecule is CCCCCC.F.F.F.F.F.F. The number of hydrogen-bond acceptors (Lipinski definition) is 0. The minimum Gasteiger partial charge on any atom is -0.269 e. The van der Waals surface area contributed by atoms with Crippen LogP contribution < -0.4 is 0 Å². The predicted molar refractivity (Wildman–Crippen MR) is 44.8 cm³/mol. The lowest BCUT2D eigenvalue weighted by Crippen LogP contribution is -1.66. The van der Waals surface area contributed by atoms with Crippen LogP contribution >= 0.6 is 0 Å². The maximum atomic E-state index is 2.23. The van der Waals surface area contributed by atoms with E-state index in [0.717, 1.165) is 0 Å². The van der Waals surface area contributed by atoms with Gasteiger partial charge >= 0.3 is 0 Å². The van der Waals surface area contributed by atoms with Gasteiger partial charge < -0.3 is 0 Å². The molecule has 0 atom stereocenters. The lowest BCUT2D eigenvalue weighted by Gasteiger charge is -1.86. The molecule has 0 aromatic carbocycles. The fourth-order valence-electron chi connectivity index (χ4n) is 0.500. The minimum absolute atomic E-state index is 0. The molecule has 0 aliphatic rings. The molecular weight excluding hydrogens is 186 g/mol. The monoisotopic (exact) mass is 206 g/mol. The molecule has 0 amide bonds. The second kappa shape index (κ2) is 75.8. The Morgan fingerprint density at radius 1 is 0.500 bits per heavy atom. The summed E-state index contributed by atoms with van der Waals surface area (Å²) in [6.07, 6.45) is 5.54. The summed E-state index contributed by atoms with van der Waals surface area (Å²) in [5.41, 5.74) is 0. The van der Waals surface area contributed by atoms with E-state index in [0.29, 0.717) is 0 Å². The molecular formula is C6H20F6. The molecule has 86 valence electrons. The standard InChI is InChI=1S/C6H14.6FH/c1-3-5-6-4-2;;;;;;/h3-6H2,1-2H3;6*1H. The molecule has 0 bridgehead atoms. The van der Waals surface area contributed by atoms with Gasteiger partial charge in [0.15, 0.2) is 0 Å². The van der Waals surface area contributed by atoms with Gasteiger partial charge in [0.05, 0.1) is 0 Å². The van der Waals surface area contributed by atoms with Crippen LogP contribution in [0.25, 0.3) is 0 Å². The van der Waals surface area contributed by atoms with Crippen LogP contribution in [-0.4, -0.2) is 0 Å². The number of halogens is 6. The van der Waals surface area contributed by atoms with Crippen LogP contribution in [0.3, 0.4) is 0 Å². The van der Waals surface area contributed by atoms with Gasteiger partial charge in [-0.1, -0.05) is 39.5 Å². The van der Waals surface area contributed by atoms with Gasteiger partial charge in [0.25, 0.3) is 0 Å². The van der Waals surface area contributed by atoms with Crippen LogP contribution in [0.15, 0.2) is 0 Å². The summed E-state index contributed by atoms with van der Waals surface area (Å²) in [6, 6.07) is 0. The molecule has 0 N–H and O–H groups in total. The van der Waals surface area contributed by atoms with Crippen LogP contribution in [0.4, 0.5) is 28.2 Å². The first-order valence-electron chi connectivity index (χ1n) is 2.91. The van der Waals surface area contributed by atoms with E-state index in [9.17, 15) is 0 Å². The molecule has 0 nitrogen and oxygen atoms in total. The normalized spacial score (nSPS) is 4.50. The van der Waals surface area contributed by atoms with Crippen molar-refractivity contribution in [3.05, 3.63) is 0 Å². The molecule has 0 aliphatic carbocycles. The van der Waals surface area contributed by atoms with Crippen LogP contribution in [0.1, 0.15) is 39.5 Å². The van der Waals surface area contributed by atoms with E-state index in [2.05, 4.69) is 13.8 Å². The van der Waals surface area contributed by atoms with Crippen molar-refractivity contribution in [2.24, 2.45) is 0 Å². The summed E-state index contributed by atoms with van der Waals surface area (Å²) in [7, 11) is 0.